The molecule has 2 amide bonds. The molecule has 1 aromatic carbocycles. The predicted molar refractivity (Wildman–Crippen MR) is 71.2 cm³/mol. The maximum atomic E-state index is 11.6. The number of halogens is 1. The third-order valence-corrected chi connectivity index (χ3v) is 2.60. The number of hydrogen-bond acceptors (Lipinski definition) is 1. The van der Waals surface area contributed by atoms with Crippen molar-refractivity contribution in [3.05, 3.63) is 34.9 Å². The lowest BCUT2D eigenvalue weighted by Crippen LogP contribution is -2.38. The molecule has 1 rings (SSSR count). The van der Waals surface area contributed by atoms with E-state index in [2.05, 4.69) is 24.5 Å². The zero-order valence-corrected chi connectivity index (χ0v) is 11.2. The first-order valence-electron chi connectivity index (χ1n) is 5.79. The predicted octanol–water partition coefficient (Wildman–Crippen LogP) is 3.36. The minimum absolute atomic E-state index is 0.0548. The van der Waals surface area contributed by atoms with E-state index in [0.29, 0.717) is 17.5 Å². The molecule has 1 aromatic rings. The van der Waals surface area contributed by atoms with Crippen LogP contribution in [0.15, 0.2) is 24.3 Å². The van der Waals surface area contributed by atoms with Crippen molar-refractivity contribution in [2.75, 3.05) is 6.54 Å². The van der Waals surface area contributed by atoms with E-state index in [1.807, 2.05) is 31.2 Å². The fraction of sp³-hybridized carbons (Fsp3) is 0.462. The van der Waals surface area contributed by atoms with Gasteiger partial charge in [0.05, 0.1) is 6.04 Å². The molecule has 0 saturated heterocycles. The smallest absolute Gasteiger partial charge is 0.315 e. The topological polar surface area (TPSA) is 41.1 Å². The maximum Gasteiger partial charge on any atom is 0.315 e. The van der Waals surface area contributed by atoms with Gasteiger partial charge in [-0.2, -0.15) is 0 Å². The van der Waals surface area contributed by atoms with Crippen LogP contribution in [0.2, 0.25) is 5.02 Å². The summed E-state index contributed by atoms with van der Waals surface area (Å²) in [6, 6.07) is 7.29. The zero-order valence-electron chi connectivity index (χ0n) is 10.5. The highest BCUT2D eigenvalue weighted by Gasteiger charge is 2.09. The minimum Gasteiger partial charge on any atom is -0.338 e. The van der Waals surface area contributed by atoms with Crippen molar-refractivity contribution in [1.82, 2.24) is 10.6 Å². The first-order chi connectivity index (χ1) is 7.99. The van der Waals surface area contributed by atoms with Gasteiger partial charge in [-0.05, 0) is 30.5 Å². The summed E-state index contributed by atoms with van der Waals surface area (Å²) in [4.78, 5) is 11.6. The Labute approximate surface area is 108 Å². The summed E-state index contributed by atoms with van der Waals surface area (Å²) in [7, 11) is 0. The zero-order chi connectivity index (χ0) is 12.8. The molecule has 2 N–H and O–H groups in total. The summed E-state index contributed by atoms with van der Waals surface area (Å²) in [5.41, 5.74) is 0.997. The molecule has 17 heavy (non-hydrogen) atoms. The molecule has 0 heterocycles. The highest BCUT2D eigenvalue weighted by molar-refractivity contribution is 6.30. The lowest BCUT2D eigenvalue weighted by atomic mass is 10.1. The number of benzene rings is 1. The van der Waals surface area contributed by atoms with Gasteiger partial charge in [0.25, 0.3) is 0 Å². The van der Waals surface area contributed by atoms with Crippen LogP contribution in [-0.4, -0.2) is 12.6 Å². The van der Waals surface area contributed by atoms with Crippen molar-refractivity contribution in [2.45, 2.75) is 26.8 Å². The van der Waals surface area contributed by atoms with Gasteiger partial charge in [-0.3, -0.25) is 0 Å². The Hall–Kier alpha value is -1.22. The summed E-state index contributed by atoms with van der Waals surface area (Å²) in [6.07, 6.45) is 0. The number of carbonyl (C=O) groups is 1. The summed E-state index contributed by atoms with van der Waals surface area (Å²) in [5, 5.41) is 6.36. The van der Waals surface area contributed by atoms with Crippen LogP contribution in [0.1, 0.15) is 32.4 Å². The minimum atomic E-state index is -0.147. The van der Waals surface area contributed by atoms with Gasteiger partial charge in [0, 0.05) is 11.6 Å². The summed E-state index contributed by atoms with van der Waals surface area (Å²) in [5.74, 6) is 0.447. The second kappa shape index (κ2) is 6.50. The number of hydrogen-bond donors (Lipinski definition) is 2. The monoisotopic (exact) mass is 254 g/mol. The van der Waals surface area contributed by atoms with Crippen molar-refractivity contribution < 1.29 is 4.79 Å². The number of nitrogens with one attached hydrogen (secondary N) is 2. The lowest BCUT2D eigenvalue weighted by molar-refractivity contribution is 0.236. The van der Waals surface area contributed by atoms with Gasteiger partial charge in [0.15, 0.2) is 0 Å². The highest BCUT2D eigenvalue weighted by atomic mass is 35.5. The van der Waals surface area contributed by atoms with E-state index in [0.717, 1.165) is 5.56 Å². The first-order valence-corrected chi connectivity index (χ1v) is 6.16. The molecule has 0 aliphatic rings. The van der Waals surface area contributed by atoms with Crippen LogP contribution in [0.25, 0.3) is 0 Å². The summed E-state index contributed by atoms with van der Waals surface area (Å²) >= 11 is 5.90. The van der Waals surface area contributed by atoms with Gasteiger partial charge in [-0.1, -0.05) is 37.6 Å². The van der Waals surface area contributed by atoms with Gasteiger partial charge in [0.1, 0.15) is 0 Å². The van der Waals surface area contributed by atoms with E-state index in [-0.39, 0.29) is 12.1 Å². The van der Waals surface area contributed by atoms with Crippen LogP contribution in [0.4, 0.5) is 4.79 Å². The van der Waals surface area contributed by atoms with Crippen molar-refractivity contribution in [1.29, 1.82) is 0 Å². The second-order valence-corrected chi connectivity index (χ2v) is 4.96. The average Bonchev–Trinajstić information content (AvgIpc) is 2.26. The number of rotatable bonds is 4. The molecule has 4 heteroatoms. The average molecular weight is 255 g/mol. The van der Waals surface area contributed by atoms with Gasteiger partial charge >= 0.3 is 6.03 Å². The van der Waals surface area contributed by atoms with E-state index >= 15 is 0 Å². The number of amides is 2. The van der Waals surface area contributed by atoms with Gasteiger partial charge < -0.3 is 10.6 Å². The molecule has 94 valence electrons. The molecular formula is C13H19ClN2O. The molecule has 0 bridgehead atoms. The van der Waals surface area contributed by atoms with Crippen LogP contribution in [0.5, 0.6) is 0 Å². The number of urea groups is 1. The molecule has 3 nitrogen and oxygen atoms in total. The third-order valence-electron chi connectivity index (χ3n) is 2.37. The van der Waals surface area contributed by atoms with Crippen LogP contribution < -0.4 is 10.6 Å². The standard InChI is InChI=1S/C13H19ClN2O/c1-9(2)8-15-13(17)16-10(3)11-5-4-6-12(14)7-11/h4-7,9-10H,8H2,1-3H3,(H2,15,16,17)/t10-/m0/s1. The summed E-state index contributed by atoms with van der Waals surface area (Å²) in [6.45, 7) is 6.72. The molecular weight excluding hydrogens is 236 g/mol. The van der Waals surface area contributed by atoms with E-state index in [1.54, 1.807) is 0 Å². The van der Waals surface area contributed by atoms with Crippen LogP contribution >= 0.6 is 11.6 Å². The quantitative estimate of drug-likeness (QED) is 0.850. The van der Waals surface area contributed by atoms with Crippen molar-refractivity contribution in [3.63, 3.8) is 0 Å². The Morgan fingerprint density at radius 3 is 2.65 bits per heavy atom. The van der Waals surface area contributed by atoms with Crippen LogP contribution in [-0.2, 0) is 0 Å². The molecule has 1 atom stereocenters. The molecule has 0 aliphatic carbocycles. The van der Waals surface area contributed by atoms with E-state index in [4.69, 9.17) is 11.6 Å². The Morgan fingerprint density at radius 2 is 2.06 bits per heavy atom. The molecule has 0 aliphatic heterocycles. The normalized spacial score (nSPS) is 12.3. The van der Waals surface area contributed by atoms with Crippen molar-refractivity contribution in [2.24, 2.45) is 5.92 Å². The fourth-order valence-corrected chi connectivity index (χ4v) is 1.60. The fourth-order valence-electron chi connectivity index (χ4n) is 1.40. The largest absolute Gasteiger partial charge is 0.338 e. The van der Waals surface area contributed by atoms with Crippen LogP contribution in [0, 0.1) is 5.92 Å². The van der Waals surface area contributed by atoms with Gasteiger partial charge in [0.2, 0.25) is 0 Å². The Bertz CT molecular complexity index is 379. The highest BCUT2D eigenvalue weighted by Crippen LogP contribution is 2.16. The van der Waals surface area contributed by atoms with Crippen molar-refractivity contribution >= 4 is 17.6 Å². The molecule has 0 unspecified atom stereocenters. The molecule has 0 fully saturated rings. The van der Waals surface area contributed by atoms with Crippen molar-refractivity contribution in [3.8, 4) is 0 Å². The van der Waals surface area contributed by atoms with E-state index in [1.165, 1.54) is 0 Å². The van der Waals surface area contributed by atoms with E-state index < -0.39 is 0 Å². The summed E-state index contributed by atoms with van der Waals surface area (Å²) < 4.78 is 0. The maximum absolute atomic E-state index is 11.6. The SMILES string of the molecule is CC(C)CNC(=O)N[C@@H](C)c1cccc(Cl)c1. The molecule has 0 saturated carbocycles. The Morgan fingerprint density at radius 1 is 1.35 bits per heavy atom. The molecule has 0 spiro atoms. The Balaban J connectivity index is 2.48. The molecule has 0 radical (unpaired) electrons. The Kier molecular flexibility index (Phi) is 5.29. The molecule has 0 aromatic heterocycles. The van der Waals surface area contributed by atoms with Crippen LogP contribution in [0.3, 0.4) is 0 Å². The lowest BCUT2D eigenvalue weighted by Gasteiger charge is -2.16. The van der Waals surface area contributed by atoms with E-state index in [9.17, 15) is 4.79 Å². The number of carbonyl (C=O) groups excluding carboxylic acids is 1. The third kappa shape index (κ3) is 5.09. The van der Waals surface area contributed by atoms with Gasteiger partial charge in [-0.15, -0.1) is 0 Å². The second-order valence-electron chi connectivity index (χ2n) is 4.52. The first kappa shape index (κ1) is 13.8. The van der Waals surface area contributed by atoms with Gasteiger partial charge in [-0.25, -0.2) is 4.79 Å².